The number of ketones is 1. The molecule has 3 nitrogen and oxygen atoms in total. The lowest BCUT2D eigenvalue weighted by Gasteiger charge is -2.06. The summed E-state index contributed by atoms with van der Waals surface area (Å²) >= 11 is 0. The zero-order chi connectivity index (χ0) is 14.5. The third kappa shape index (κ3) is 3.41. The van der Waals surface area contributed by atoms with Gasteiger partial charge in [-0.15, -0.1) is 0 Å². The second kappa shape index (κ2) is 5.97. The zero-order valence-electron chi connectivity index (χ0n) is 10.4. The minimum atomic E-state index is -0.918. The molecule has 0 saturated heterocycles. The Balaban J connectivity index is 2.15. The minimum absolute atomic E-state index is 0.0740. The first-order chi connectivity index (χ1) is 9.56. The molecule has 0 bridgehead atoms. The summed E-state index contributed by atoms with van der Waals surface area (Å²) in [5, 5.41) is 2.79. The lowest BCUT2D eigenvalue weighted by Crippen LogP contribution is -2.12. The van der Waals surface area contributed by atoms with E-state index in [1.165, 1.54) is 0 Å². The molecule has 2 aromatic rings. The van der Waals surface area contributed by atoms with Gasteiger partial charge in [0, 0.05) is 17.8 Å². The maximum absolute atomic E-state index is 13.4. The normalized spacial score (nSPS) is 11.2. The average Bonchev–Trinajstić information content (AvgIpc) is 2.39. The lowest BCUT2D eigenvalue weighted by atomic mass is 10.1. The van der Waals surface area contributed by atoms with Crippen molar-refractivity contribution in [3.63, 3.8) is 0 Å². The molecule has 0 radical (unpaired) electrons. The Morgan fingerprint density at radius 3 is 2.45 bits per heavy atom. The highest BCUT2D eigenvalue weighted by molar-refractivity contribution is 6.05. The van der Waals surface area contributed by atoms with Gasteiger partial charge in [0.05, 0.1) is 5.56 Å². The Labute approximate surface area is 114 Å². The molecule has 0 spiro atoms. The molecule has 0 aliphatic rings. The number of nitrogens with two attached hydrogens (primary N) is 1. The van der Waals surface area contributed by atoms with Gasteiger partial charge in [-0.1, -0.05) is 18.2 Å². The van der Waals surface area contributed by atoms with Crippen molar-refractivity contribution >= 4 is 11.5 Å². The summed E-state index contributed by atoms with van der Waals surface area (Å²) in [5.41, 5.74) is 6.13. The molecule has 0 unspecified atom stereocenters. The average molecular weight is 274 g/mol. The van der Waals surface area contributed by atoms with E-state index in [0.717, 1.165) is 18.2 Å². The standard InChI is InChI=1S/C15H12F2N2O/c16-10-6-7-12(13(17)8-10)14(20)9-15(18)19-11-4-2-1-3-5-11/h1-9,19H,18H2/b15-9-. The summed E-state index contributed by atoms with van der Waals surface area (Å²) < 4.78 is 26.2. The molecule has 0 amide bonds. The fourth-order valence-corrected chi connectivity index (χ4v) is 1.63. The van der Waals surface area contributed by atoms with Crippen LogP contribution in [0.3, 0.4) is 0 Å². The van der Waals surface area contributed by atoms with Gasteiger partial charge in [-0.3, -0.25) is 4.79 Å². The van der Waals surface area contributed by atoms with Crippen LogP contribution in [0.25, 0.3) is 0 Å². The number of halogens is 2. The van der Waals surface area contributed by atoms with Crippen molar-refractivity contribution in [1.82, 2.24) is 0 Å². The Morgan fingerprint density at radius 2 is 1.80 bits per heavy atom. The molecule has 0 heterocycles. The summed E-state index contributed by atoms with van der Waals surface area (Å²) in [6.07, 6.45) is 1.06. The first-order valence-electron chi connectivity index (χ1n) is 5.85. The Hall–Kier alpha value is -2.69. The molecular weight excluding hydrogens is 262 g/mol. The molecular formula is C15H12F2N2O. The van der Waals surface area contributed by atoms with Crippen molar-refractivity contribution < 1.29 is 13.6 Å². The predicted octanol–water partition coefficient (Wildman–Crippen LogP) is 3.06. The molecule has 0 aliphatic carbocycles. The van der Waals surface area contributed by atoms with Crippen LogP contribution in [0.1, 0.15) is 10.4 Å². The fraction of sp³-hybridized carbons (Fsp3) is 0. The van der Waals surface area contributed by atoms with Crippen molar-refractivity contribution in [2.45, 2.75) is 0 Å². The number of rotatable bonds is 4. The van der Waals surface area contributed by atoms with Crippen molar-refractivity contribution in [1.29, 1.82) is 0 Å². The van der Waals surface area contributed by atoms with Gasteiger partial charge >= 0.3 is 0 Å². The van der Waals surface area contributed by atoms with Crippen LogP contribution in [0.2, 0.25) is 0 Å². The summed E-state index contributed by atoms with van der Waals surface area (Å²) in [6.45, 7) is 0. The highest BCUT2D eigenvalue weighted by Gasteiger charge is 2.10. The van der Waals surface area contributed by atoms with Gasteiger partial charge in [0.2, 0.25) is 0 Å². The van der Waals surface area contributed by atoms with E-state index < -0.39 is 17.4 Å². The Bertz CT molecular complexity index is 654. The number of benzene rings is 2. The van der Waals surface area contributed by atoms with E-state index in [4.69, 9.17) is 5.73 Å². The molecule has 0 fully saturated rings. The van der Waals surface area contributed by atoms with Gasteiger partial charge < -0.3 is 11.1 Å². The van der Waals surface area contributed by atoms with E-state index in [0.29, 0.717) is 11.8 Å². The van der Waals surface area contributed by atoms with Crippen molar-refractivity contribution in [3.05, 3.63) is 77.6 Å². The number of para-hydroxylation sites is 1. The first kappa shape index (κ1) is 13.7. The summed E-state index contributed by atoms with van der Waals surface area (Å²) in [5.74, 6) is -2.22. The number of carbonyl (C=O) groups excluding carboxylic acids is 1. The molecule has 5 heteroatoms. The van der Waals surface area contributed by atoms with Crippen molar-refractivity contribution in [2.24, 2.45) is 5.73 Å². The summed E-state index contributed by atoms with van der Waals surface area (Å²) in [4.78, 5) is 11.8. The van der Waals surface area contributed by atoms with Crippen LogP contribution in [0.5, 0.6) is 0 Å². The monoisotopic (exact) mass is 274 g/mol. The molecule has 3 N–H and O–H groups in total. The maximum Gasteiger partial charge on any atom is 0.192 e. The molecule has 0 saturated carbocycles. The minimum Gasteiger partial charge on any atom is -0.385 e. The van der Waals surface area contributed by atoms with Gasteiger partial charge in [0.25, 0.3) is 0 Å². The Kier molecular flexibility index (Phi) is 4.10. The largest absolute Gasteiger partial charge is 0.385 e. The Morgan fingerprint density at radius 1 is 1.10 bits per heavy atom. The molecule has 20 heavy (non-hydrogen) atoms. The quantitative estimate of drug-likeness (QED) is 0.665. The highest BCUT2D eigenvalue weighted by Crippen LogP contribution is 2.12. The van der Waals surface area contributed by atoms with Crippen LogP contribution >= 0.6 is 0 Å². The molecule has 0 aliphatic heterocycles. The van der Waals surface area contributed by atoms with E-state index in [9.17, 15) is 13.6 Å². The number of hydrogen-bond acceptors (Lipinski definition) is 3. The number of nitrogens with one attached hydrogen (secondary N) is 1. The fourth-order valence-electron chi connectivity index (χ4n) is 1.63. The van der Waals surface area contributed by atoms with E-state index in [1.54, 1.807) is 24.3 Å². The molecule has 0 aromatic heterocycles. The van der Waals surface area contributed by atoms with Gasteiger partial charge in [-0.05, 0) is 24.3 Å². The van der Waals surface area contributed by atoms with Gasteiger partial charge in [0.1, 0.15) is 17.5 Å². The second-order valence-corrected chi connectivity index (χ2v) is 4.08. The van der Waals surface area contributed by atoms with Crippen LogP contribution in [0, 0.1) is 11.6 Å². The van der Waals surface area contributed by atoms with E-state index in [2.05, 4.69) is 5.32 Å². The van der Waals surface area contributed by atoms with E-state index in [-0.39, 0.29) is 11.4 Å². The van der Waals surface area contributed by atoms with E-state index in [1.807, 2.05) is 6.07 Å². The van der Waals surface area contributed by atoms with Crippen molar-refractivity contribution in [3.8, 4) is 0 Å². The molecule has 102 valence electrons. The van der Waals surface area contributed by atoms with Crippen LogP contribution in [0.15, 0.2) is 60.4 Å². The summed E-state index contributed by atoms with van der Waals surface area (Å²) in [7, 11) is 0. The first-order valence-corrected chi connectivity index (χ1v) is 5.85. The third-order valence-corrected chi connectivity index (χ3v) is 2.55. The number of anilines is 1. The maximum atomic E-state index is 13.4. The molecule has 0 atom stereocenters. The van der Waals surface area contributed by atoms with Gasteiger partial charge in [-0.2, -0.15) is 0 Å². The number of carbonyl (C=O) groups is 1. The van der Waals surface area contributed by atoms with Crippen LogP contribution < -0.4 is 11.1 Å². The lowest BCUT2D eigenvalue weighted by molar-refractivity contribution is 0.104. The van der Waals surface area contributed by atoms with E-state index >= 15 is 0 Å². The predicted molar refractivity (Wildman–Crippen MR) is 73.0 cm³/mol. The topological polar surface area (TPSA) is 55.1 Å². The SMILES string of the molecule is N/C(=C/C(=O)c1ccc(F)cc1F)Nc1ccccc1. The number of allylic oxidation sites excluding steroid dienone is 1. The van der Waals surface area contributed by atoms with Crippen LogP contribution in [-0.2, 0) is 0 Å². The van der Waals surface area contributed by atoms with Gasteiger partial charge in [0.15, 0.2) is 5.78 Å². The van der Waals surface area contributed by atoms with Gasteiger partial charge in [-0.25, -0.2) is 8.78 Å². The molecule has 2 rings (SSSR count). The summed E-state index contributed by atoms with van der Waals surface area (Å²) in [6, 6.07) is 11.7. The molecule has 2 aromatic carbocycles. The smallest absolute Gasteiger partial charge is 0.192 e. The van der Waals surface area contributed by atoms with Crippen molar-refractivity contribution in [2.75, 3.05) is 5.32 Å². The number of hydrogen-bond donors (Lipinski definition) is 2. The zero-order valence-corrected chi connectivity index (χ0v) is 10.4. The van der Waals surface area contributed by atoms with Crippen LogP contribution in [-0.4, -0.2) is 5.78 Å². The second-order valence-electron chi connectivity index (χ2n) is 4.08. The third-order valence-electron chi connectivity index (χ3n) is 2.55. The highest BCUT2D eigenvalue weighted by atomic mass is 19.1. The van der Waals surface area contributed by atoms with Crippen LogP contribution in [0.4, 0.5) is 14.5 Å².